The Bertz CT molecular complexity index is 114. The van der Waals surface area contributed by atoms with Crippen molar-refractivity contribution < 1.29 is 14.6 Å². The van der Waals surface area contributed by atoms with Crippen LogP contribution in [-0.2, 0) is 9.53 Å². The molecule has 0 aliphatic rings. The summed E-state index contributed by atoms with van der Waals surface area (Å²) >= 11 is 0. The van der Waals surface area contributed by atoms with Gasteiger partial charge in [-0.3, -0.25) is 4.79 Å². The summed E-state index contributed by atoms with van der Waals surface area (Å²) in [5.74, 6) is -1.03. The fraction of sp³-hybridized carbons (Fsp3) is 0.833. The molecule has 0 aliphatic carbocycles. The quantitative estimate of drug-likeness (QED) is 0.578. The van der Waals surface area contributed by atoms with Crippen molar-refractivity contribution in [2.75, 3.05) is 6.61 Å². The molecule has 0 fully saturated rings. The first-order valence-corrected chi connectivity index (χ1v) is 3.14. The summed E-state index contributed by atoms with van der Waals surface area (Å²) in [7, 11) is 0. The molecule has 0 aromatic rings. The molecule has 0 saturated carbocycles. The Morgan fingerprint density at radius 1 is 1.70 bits per heavy atom. The minimum Gasteiger partial charge on any atom is -0.480 e. The number of aliphatic carboxylic acids is 1. The minimum absolute atomic E-state index is 0.0328. The van der Waals surface area contributed by atoms with Crippen molar-refractivity contribution in [2.45, 2.75) is 26.0 Å². The lowest BCUT2D eigenvalue weighted by Gasteiger charge is -2.09. The van der Waals surface area contributed by atoms with Crippen molar-refractivity contribution in [3.05, 3.63) is 0 Å². The van der Waals surface area contributed by atoms with Crippen molar-refractivity contribution in [2.24, 2.45) is 5.73 Å². The molecule has 0 saturated heterocycles. The first-order chi connectivity index (χ1) is 4.54. The Labute approximate surface area is 60.0 Å². The van der Waals surface area contributed by atoms with Gasteiger partial charge in [0, 0.05) is 0 Å². The molecule has 3 N–H and O–H groups in total. The van der Waals surface area contributed by atoms with Crippen LogP contribution >= 0.6 is 0 Å². The summed E-state index contributed by atoms with van der Waals surface area (Å²) in [4.78, 5) is 10.1. The van der Waals surface area contributed by atoms with Crippen LogP contribution in [0.4, 0.5) is 0 Å². The summed E-state index contributed by atoms with van der Waals surface area (Å²) in [6.45, 7) is 3.73. The van der Waals surface area contributed by atoms with Gasteiger partial charge in [0.15, 0.2) is 0 Å². The van der Waals surface area contributed by atoms with Crippen LogP contribution < -0.4 is 5.73 Å². The first-order valence-electron chi connectivity index (χ1n) is 3.14. The van der Waals surface area contributed by atoms with E-state index in [0.717, 1.165) is 0 Å². The Kier molecular flexibility index (Phi) is 3.99. The molecule has 0 aromatic carbocycles. The predicted octanol–water partition coefficient (Wildman–Crippen LogP) is -0.177. The fourth-order valence-electron chi connectivity index (χ4n) is 0.367. The maximum Gasteiger partial charge on any atom is 0.322 e. The Hall–Kier alpha value is -0.610. The molecule has 0 radical (unpaired) electrons. The third-order valence-electron chi connectivity index (χ3n) is 0.926. The Morgan fingerprint density at radius 3 is 2.50 bits per heavy atom. The molecule has 10 heavy (non-hydrogen) atoms. The number of carboxylic acids is 1. The summed E-state index contributed by atoms with van der Waals surface area (Å²) in [5, 5.41) is 8.29. The van der Waals surface area contributed by atoms with Crippen LogP contribution in [0.1, 0.15) is 13.8 Å². The van der Waals surface area contributed by atoms with Gasteiger partial charge >= 0.3 is 5.97 Å². The van der Waals surface area contributed by atoms with Crippen molar-refractivity contribution in [1.29, 1.82) is 0 Å². The molecule has 0 bridgehead atoms. The van der Waals surface area contributed by atoms with Gasteiger partial charge in [-0.25, -0.2) is 0 Å². The topological polar surface area (TPSA) is 72.5 Å². The van der Waals surface area contributed by atoms with Gasteiger partial charge in [-0.1, -0.05) is 0 Å². The number of rotatable bonds is 4. The van der Waals surface area contributed by atoms with Crippen molar-refractivity contribution in [3.8, 4) is 0 Å². The van der Waals surface area contributed by atoms with E-state index in [0.29, 0.717) is 0 Å². The van der Waals surface area contributed by atoms with Crippen molar-refractivity contribution in [1.82, 2.24) is 0 Å². The number of carboxylic acid groups (broad SMARTS) is 1. The van der Waals surface area contributed by atoms with Crippen molar-refractivity contribution >= 4 is 5.97 Å². The molecule has 0 aliphatic heterocycles. The maximum absolute atomic E-state index is 10.1. The number of hydrogen-bond acceptors (Lipinski definition) is 3. The molecular formula is C6H13NO3. The molecule has 0 unspecified atom stereocenters. The van der Waals surface area contributed by atoms with Gasteiger partial charge in [0.2, 0.25) is 0 Å². The molecule has 0 heterocycles. The van der Waals surface area contributed by atoms with Crippen LogP contribution in [0, 0.1) is 0 Å². The second-order valence-electron chi connectivity index (χ2n) is 2.33. The highest BCUT2D eigenvalue weighted by Gasteiger charge is 2.11. The summed E-state index contributed by atoms with van der Waals surface area (Å²) in [6, 6.07) is -0.901. The normalized spacial score (nSPS) is 13.6. The van der Waals surface area contributed by atoms with Gasteiger partial charge in [-0.05, 0) is 13.8 Å². The van der Waals surface area contributed by atoms with Crippen LogP contribution in [0.3, 0.4) is 0 Å². The number of hydrogen-bond donors (Lipinski definition) is 2. The summed E-state index contributed by atoms with van der Waals surface area (Å²) in [5.41, 5.74) is 5.14. The van der Waals surface area contributed by atoms with E-state index in [1.807, 2.05) is 13.8 Å². The zero-order chi connectivity index (χ0) is 8.15. The van der Waals surface area contributed by atoms with E-state index in [-0.39, 0.29) is 12.7 Å². The summed E-state index contributed by atoms with van der Waals surface area (Å²) in [6.07, 6.45) is 0.0328. The van der Waals surface area contributed by atoms with Gasteiger partial charge in [-0.15, -0.1) is 0 Å². The summed E-state index contributed by atoms with van der Waals surface area (Å²) < 4.78 is 4.96. The highest BCUT2D eigenvalue weighted by atomic mass is 16.5. The zero-order valence-corrected chi connectivity index (χ0v) is 6.20. The maximum atomic E-state index is 10.1. The standard InChI is InChI=1S/C6H13NO3/c1-4(2)10-3-5(7)6(8)9/h4-5H,3,7H2,1-2H3,(H,8,9)/t5-/m0/s1. The Morgan fingerprint density at radius 2 is 2.20 bits per heavy atom. The molecule has 4 nitrogen and oxygen atoms in total. The molecular weight excluding hydrogens is 134 g/mol. The average molecular weight is 147 g/mol. The van der Waals surface area contributed by atoms with Gasteiger partial charge in [0.25, 0.3) is 0 Å². The number of ether oxygens (including phenoxy) is 1. The zero-order valence-electron chi connectivity index (χ0n) is 6.20. The van der Waals surface area contributed by atoms with E-state index in [9.17, 15) is 4.79 Å². The lowest BCUT2D eigenvalue weighted by molar-refractivity contribution is -0.140. The van der Waals surface area contributed by atoms with Crippen LogP contribution in [0.2, 0.25) is 0 Å². The monoisotopic (exact) mass is 147 g/mol. The largest absolute Gasteiger partial charge is 0.480 e. The third-order valence-corrected chi connectivity index (χ3v) is 0.926. The molecule has 0 amide bonds. The van der Waals surface area contributed by atoms with Gasteiger partial charge < -0.3 is 15.6 Å². The molecule has 0 spiro atoms. The minimum atomic E-state index is -1.03. The van der Waals surface area contributed by atoms with Crippen molar-refractivity contribution in [3.63, 3.8) is 0 Å². The van der Waals surface area contributed by atoms with Gasteiger partial charge in [0.05, 0.1) is 12.7 Å². The van der Waals surface area contributed by atoms with Crippen LogP contribution in [-0.4, -0.2) is 29.8 Å². The lowest BCUT2D eigenvalue weighted by Crippen LogP contribution is -2.35. The van der Waals surface area contributed by atoms with Crippen LogP contribution in [0.5, 0.6) is 0 Å². The van der Waals surface area contributed by atoms with E-state index >= 15 is 0 Å². The molecule has 60 valence electrons. The predicted molar refractivity (Wildman–Crippen MR) is 36.7 cm³/mol. The number of nitrogens with two attached hydrogens (primary N) is 1. The number of carbonyl (C=O) groups is 1. The van der Waals surface area contributed by atoms with E-state index in [4.69, 9.17) is 15.6 Å². The van der Waals surface area contributed by atoms with Gasteiger partial charge in [-0.2, -0.15) is 0 Å². The van der Waals surface area contributed by atoms with E-state index in [1.54, 1.807) is 0 Å². The van der Waals surface area contributed by atoms with E-state index < -0.39 is 12.0 Å². The molecule has 0 aromatic heterocycles. The van der Waals surface area contributed by atoms with E-state index in [2.05, 4.69) is 0 Å². The second-order valence-corrected chi connectivity index (χ2v) is 2.33. The first kappa shape index (κ1) is 9.39. The molecule has 0 rings (SSSR count). The molecule has 4 heteroatoms. The average Bonchev–Trinajstić information content (AvgIpc) is 1.82. The van der Waals surface area contributed by atoms with E-state index in [1.165, 1.54) is 0 Å². The second kappa shape index (κ2) is 4.24. The smallest absolute Gasteiger partial charge is 0.322 e. The lowest BCUT2D eigenvalue weighted by atomic mass is 10.3. The highest BCUT2D eigenvalue weighted by molar-refractivity contribution is 5.73. The van der Waals surface area contributed by atoms with Gasteiger partial charge in [0.1, 0.15) is 6.04 Å². The molecule has 1 atom stereocenters. The SMILES string of the molecule is CC(C)OC[C@H](N)C(=O)O. The fourth-order valence-corrected chi connectivity index (χ4v) is 0.367. The highest BCUT2D eigenvalue weighted by Crippen LogP contribution is 1.89. The van der Waals surface area contributed by atoms with Crippen LogP contribution in [0.15, 0.2) is 0 Å². The third kappa shape index (κ3) is 4.29. The van der Waals surface area contributed by atoms with Crippen LogP contribution in [0.25, 0.3) is 0 Å². The Balaban J connectivity index is 3.40.